The Hall–Kier alpha value is -0.290. The molecule has 0 aliphatic heterocycles. The molecule has 1 rings (SSSR count). The van der Waals surface area contributed by atoms with Crippen LogP contribution in [0.1, 0.15) is 52.4 Å². The van der Waals surface area contributed by atoms with Gasteiger partial charge in [-0.25, -0.2) is 0 Å². The van der Waals surface area contributed by atoms with Crippen molar-refractivity contribution in [2.45, 2.75) is 64.6 Å². The molecule has 2 nitrogen and oxygen atoms in total. The predicted octanol–water partition coefficient (Wildman–Crippen LogP) is 3.82. The molecule has 5 heteroatoms. The van der Waals surface area contributed by atoms with Gasteiger partial charge in [0, 0.05) is 12.6 Å². The molecule has 1 aliphatic rings. The molecule has 120 valence electrons. The van der Waals surface area contributed by atoms with Gasteiger partial charge < -0.3 is 5.32 Å². The molecule has 1 saturated carbocycles. The van der Waals surface area contributed by atoms with E-state index in [1.807, 2.05) is 6.92 Å². The monoisotopic (exact) mass is 294 g/mol. The van der Waals surface area contributed by atoms with Crippen molar-refractivity contribution >= 4 is 0 Å². The first kappa shape index (κ1) is 17.8. The predicted molar refractivity (Wildman–Crippen MR) is 76.8 cm³/mol. The number of alkyl halides is 3. The normalized spacial score (nSPS) is 24.3. The highest BCUT2D eigenvalue weighted by Crippen LogP contribution is 2.27. The molecule has 1 aliphatic carbocycles. The van der Waals surface area contributed by atoms with Crippen LogP contribution in [0.2, 0.25) is 0 Å². The van der Waals surface area contributed by atoms with Crippen LogP contribution < -0.4 is 5.32 Å². The highest BCUT2D eigenvalue weighted by Gasteiger charge is 2.33. The summed E-state index contributed by atoms with van der Waals surface area (Å²) in [7, 11) is 0. The molecule has 2 unspecified atom stereocenters. The maximum Gasteiger partial charge on any atom is 0.401 e. The van der Waals surface area contributed by atoms with Gasteiger partial charge in [-0.05, 0) is 44.7 Å². The quantitative estimate of drug-likeness (QED) is 0.732. The molecule has 0 spiro atoms. The molecule has 0 saturated heterocycles. The number of hydrogen-bond acceptors (Lipinski definition) is 2. The minimum absolute atomic E-state index is 0.365. The minimum Gasteiger partial charge on any atom is -0.314 e. The SMILES string of the molecule is CCCNC1CCCCC1CN(CCC)CC(F)(F)F. The van der Waals surface area contributed by atoms with Crippen LogP contribution in [0.5, 0.6) is 0 Å². The molecular formula is C15H29F3N2. The number of halogens is 3. The van der Waals surface area contributed by atoms with Gasteiger partial charge in [-0.2, -0.15) is 13.2 Å². The molecule has 0 amide bonds. The van der Waals surface area contributed by atoms with Crippen LogP contribution in [0.3, 0.4) is 0 Å². The third kappa shape index (κ3) is 6.93. The van der Waals surface area contributed by atoms with Crippen LogP contribution >= 0.6 is 0 Å². The van der Waals surface area contributed by atoms with E-state index >= 15 is 0 Å². The first-order valence-corrected chi connectivity index (χ1v) is 7.98. The Morgan fingerprint density at radius 3 is 2.40 bits per heavy atom. The molecule has 0 aromatic rings. The Bertz CT molecular complexity index is 256. The van der Waals surface area contributed by atoms with Gasteiger partial charge in [0.1, 0.15) is 0 Å². The second kappa shape index (κ2) is 8.88. The number of hydrogen-bond donors (Lipinski definition) is 1. The average molecular weight is 294 g/mol. The van der Waals surface area contributed by atoms with E-state index in [0.717, 1.165) is 38.6 Å². The largest absolute Gasteiger partial charge is 0.401 e. The Morgan fingerprint density at radius 2 is 1.80 bits per heavy atom. The lowest BCUT2D eigenvalue weighted by Gasteiger charge is -2.36. The average Bonchev–Trinajstić information content (AvgIpc) is 2.36. The second-order valence-electron chi connectivity index (χ2n) is 5.96. The van der Waals surface area contributed by atoms with Crippen molar-refractivity contribution in [2.75, 3.05) is 26.2 Å². The summed E-state index contributed by atoms with van der Waals surface area (Å²) in [6.07, 6.45) is 2.28. The fraction of sp³-hybridized carbons (Fsp3) is 1.00. The molecule has 0 aromatic carbocycles. The summed E-state index contributed by atoms with van der Waals surface area (Å²) in [4.78, 5) is 1.59. The van der Waals surface area contributed by atoms with E-state index in [4.69, 9.17) is 0 Å². The van der Waals surface area contributed by atoms with Gasteiger partial charge in [0.15, 0.2) is 0 Å². The molecule has 20 heavy (non-hydrogen) atoms. The van der Waals surface area contributed by atoms with E-state index in [2.05, 4.69) is 12.2 Å². The van der Waals surface area contributed by atoms with Gasteiger partial charge >= 0.3 is 6.18 Å². The van der Waals surface area contributed by atoms with Crippen molar-refractivity contribution in [3.63, 3.8) is 0 Å². The summed E-state index contributed by atoms with van der Waals surface area (Å²) < 4.78 is 37.9. The number of rotatable bonds is 8. The molecule has 2 atom stereocenters. The fourth-order valence-electron chi connectivity index (χ4n) is 3.16. The maximum absolute atomic E-state index is 12.6. The zero-order valence-electron chi connectivity index (χ0n) is 12.8. The smallest absolute Gasteiger partial charge is 0.314 e. The molecule has 1 fully saturated rings. The minimum atomic E-state index is -4.09. The van der Waals surface area contributed by atoms with Crippen molar-refractivity contribution in [2.24, 2.45) is 5.92 Å². The molecule has 0 aromatic heterocycles. The summed E-state index contributed by atoms with van der Waals surface area (Å²) in [5.74, 6) is 0.365. The van der Waals surface area contributed by atoms with E-state index < -0.39 is 12.7 Å². The van der Waals surface area contributed by atoms with Gasteiger partial charge in [-0.15, -0.1) is 0 Å². The van der Waals surface area contributed by atoms with Crippen molar-refractivity contribution in [3.8, 4) is 0 Å². The summed E-state index contributed by atoms with van der Waals surface area (Å²) in [5.41, 5.74) is 0. The lowest BCUT2D eigenvalue weighted by Crippen LogP contribution is -2.46. The summed E-state index contributed by atoms with van der Waals surface area (Å²) >= 11 is 0. The first-order valence-electron chi connectivity index (χ1n) is 7.98. The van der Waals surface area contributed by atoms with Gasteiger partial charge in [0.2, 0.25) is 0 Å². The van der Waals surface area contributed by atoms with Crippen LogP contribution in [0, 0.1) is 5.92 Å². The van der Waals surface area contributed by atoms with Crippen molar-refractivity contribution < 1.29 is 13.2 Å². The fourth-order valence-corrected chi connectivity index (χ4v) is 3.16. The first-order chi connectivity index (χ1) is 9.46. The number of nitrogens with one attached hydrogen (secondary N) is 1. The van der Waals surface area contributed by atoms with Crippen LogP contribution in [-0.2, 0) is 0 Å². The van der Waals surface area contributed by atoms with Gasteiger partial charge in [-0.1, -0.05) is 26.7 Å². The standard InChI is InChI=1S/C15H29F3N2/c1-3-9-19-14-8-6-5-7-13(14)11-20(10-4-2)12-15(16,17)18/h13-14,19H,3-12H2,1-2H3. The molecular weight excluding hydrogens is 265 g/mol. The Labute approximate surface area is 121 Å². The van der Waals surface area contributed by atoms with Gasteiger partial charge in [-0.3, -0.25) is 4.90 Å². The zero-order chi connectivity index (χ0) is 15.0. The van der Waals surface area contributed by atoms with Crippen LogP contribution in [0.4, 0.5) is 13.2 Å². The van der Waals surface area contributed by atoms with Crippen molar-refractivity contribution in [1.29, 1.82) is 0 Å². The van der Waals surface area contributed by atoms with E-state index in [9.17, 15) is 13.2 Å². The lowest BCUT2D eigenvalue weighted by molar-refractivity contribution is -0.147. The van der Waals surface area contributed by atoms with Gasteiger partial charge in [0.05, 0.1) is 6.54 Å². The van der Waals surface area contributed by atoms with E-state index in [-0.39, 0.29) is 0 Å². The third-order valence-corrected chi connectivity index (χ3v) is 4.00. The second-order valence-corrected chi connectivity index (χ2v) is 5.96. The van der Waals surface area contributed by atoms with Gasteiger partial charge in [0.25, 0.3) is 0 Å². The zero-order valence-corrected chi connectivity index (χ0v) is 12.8. The number of nitrogens with zero attached hydrogens (tertiary/aromatic N) is 1. The topological polar surface area (TPSA) is 15.3 Å². The van der Waals surface area contributed by atoms with Crippen molar-refractivity contribution in [3.05, 3.63) is 0 Å². The molecule has 1 N–H and O–H groups in total. The van der Waals surface area contributed by atoms with E-state index in [1.54, 1.807) is 4.90 Å². The molecule has 0 radical (unpaired) electrons. The van der Waals surface area contributed by atoms with Crippen molar-refractivity contribution in [1.82, 2.24) is 10.2 Å². The van der Waals surface area contributed by atoms with Crippen LogP contribution in [0.25, 0.3) is 0 Å². The summed E-state index contributed by atoms with van der Waals surface area (Å²) in [6, 6.07) is 0.399. The third-order valence-electron chi connectivity index (χ3n) is 4.00. The van der Waals surface area contributed by atoms with Crippen LogP contribution in [0.15, 0.2) is 0 Å². The van der Waals surface area contributed by atoms with E-state index in [1.165, 1.54) is 6.42 Å². The Morgan fingerprint density at radius 1 is 1.10 bits per heavy atom. The maximum atomic E-state index is 12.6. The summed E-state index contributed by atoms with van der Waals surface area (Å²) in [6.45, 7) is 5.38. The highest BCUT2D eigenvalue weighted by molar-refractivity contribution is 4.83. The lowest BCUT2D eigenvalue weighted by atomic mass is 9.84. The molecule has 0 bridgehead atoms. The molecule has 0 heterocycles. The Kier molecular flexibility index (Phi) is 7.88. The van der Waals surface area contributed by atoms with E-state index in [0.29, 0.717) is 25.0 Å². The highest BCUT2D eigenvalue weighted by atomic mass is 19.4. The summed E-state index contributed by atoms with van der Waals surface area (Å²) in [5, 5.41) is 3.52. The Balaban J connectivity index is 2.54. The van der Waals surface area contributed by atoms with Crippen LogP contribution in [-0.4, -0.2) is 43.3 Å².